The Morgan fingerprint density at radius 3 is 2.12 bits per heavy atom. The molecule has 2 aromatic carbocycles. The molecule has 0 aliphatic carbocycles. The van der Waals surface area contributed by atoms with E-state index in [1.807, 2.05) is 6.92 Å². The summed E-state index contributed by atoms with van der Waals surface area (Å²) in [6.45, 7) is 1.84. The number of benzene rings is 2. The number of carbonyl (C=O) groups is 1. The third kappa shape index (κ3) is 3.80. The lowest BCUT2D eigenvalue weighted by atomic mass is 10.1. The highest BCUT2D eigenvalue weighted by molar-refractivity contribution is 7.89. The molecule has 1 N–H and O–H groups in total. The lowest BCUT2D eigenvalue weighted by Crippen LogP contribution is -2.29. The molecule has 24 heavy (non-hydrogen) atoms. The minimum atomic E-state index is -3.53. The average Bonchev–Trinajstić information content (AvgIpc) is 2.60. The van der Waals surface area contributed by atoms with E-state index in [1.54, 1.807) is 19.2 Å². The van der Waals surface area contributed by atoms with E-state index >= 15 is 0 Å². The summed E-state index contributed by atoms with van der Waals surface area (Å²) in [5.74, 6) is -0.582. The highest BCUT2D eigenvalue weighted by Gasteiger charge is 2.20. The fraction of sp³-hybridized carbons (Fsp3) is 0.235. The van der Waals surface area contributed by atoms with Gasteiger partial charge in [-0.2, -0.15) is 0 Å². The molecule has 0 aromatic heterocycles. The molecule has 5 nitrogen and oxygen atoms in total. The number of rotatable bonds is 5. The van der Waals surface area contributed by atoms with Crippen molar-refractivity contribution in [3.05, 3.63) is 65.5 Å². The smallest absolute Gasteiger partial charge is 0.254 e. The van der Waals surface area contributed by atoms with Gasteiger partial charge in [-0.3, -0.25) is 4.79 Å². The van der Waals surface area contributed by atoms with E-state index in [1.165, 1.54) is 48.3 Å². The molecule has 1 amide bonds. The minimum absolute atomic E-state index is 0.0933. The summed E-state index contributed by atoms with van der Waals surface area (Å²) < 4.78 is 38.6. The van der Waals surface area contributed by atoms with E-state index in [9.17, 15) is 17.6 Å². The molecular weight excluding hydrogens is 331 g/mol. The van der Waals surface area contributed by atoms with Gasteiger partial charge in [0.25, 0.3) is 5.91 Å². The summed E-state index contributed by atoms with van der Waals surface area (Å²) >= 11 is 0. The van der Waals surface area contributed by atoms with Gasteiger partial charge in [-0.25, -0.2) is 17.5 Å². The second kappa shape index (κ2) is 7.11. The van der Waals surface area contributed by atoms with Crippen molar-refractivity contribution in [2.24, 2.45) is 0 Å². The molecule has 0 aliphatic rings. The molecule has 0 fully saturated rings. The summed E-state index contributed by atoms with van der Waals surface area (Å²) in [4.78, 5) is 14.2. The standard InChI is InChI=1S/C17H19FN2O3S/c1-12(13-4-8-15(18)9-5-13)20(3)17(21)14-6-10-16(11-7-14)24(22,23)19-2/h4-12,19H,1-3H3. The van der Waals surface area contributed by atoms with Crippen molar-refractivity contribution in [1.29, 1.82) is 0 Å². The first-order valence-corrected chi connectivity index (χ1v) is 8.81. The van der Waals surface area contributed by atoms with Crippen LogP contribution in [0.3, 0.4) is 0 Å². The monoisotopic (exact) mass is 350 g/mol. The fourth-order valence-electron chi connectivity index (χ4n) is 2.24. The van der Waals surface area contributed by atoms with Gasteiger partial charge in [0.2, 0.25) is 10.0 Å². The molecule has 7 heteroatoms. The van der Waals surface area contributed by atoms with Crippen LogP contribution < -0.4 is 4.72 Å². The van der Waals surface area contributed by atoms with Gasteiger partial charge in [0, 0.05) is 12.6 Å². The predicted molar refractivity (Wildman–Crippen MR) is 89.6 cm³/mol. The van der Waals surface area contributed by atoms with E-state index in [0.29, 0.717) is 5.56 Å². The van der Waals surface area contributed by atoms with Crippen LogP contribution in [0.1, 0.15) is 28.9 Å². The van der Waals surface area contributed by atoms with Crippen LogP contribution in [0.4, 0.5) is 4.39 Å². The van der Waals surface area contributed by atoms with Gasteiger partial charge in [0.15, 0.2) is 0 Å². The first kappa shape index (κ1) is 18.1. The van der Waals surface area contributed by atoms with Gasteiger partial charge in [-0.15, -0.1) is 0 Å². The van der Waals surface area contributed by atoms with Crippen LogP contribution in [0.5, 0.6) is 0 Å². The lowest BCUT2D eigenvalue weighted by molar-refractivity contribution is 0.0742. The normalized spacial score (nSPS) is 12.7. The summed E-state index contributed by atoms with van der Waals surface area (Å²) in [6.07, 6.45) is 0. The molecule has 0 bridgehead atoms. The number of nitrogens with one attached hydrogen (secondary N) is 1. The second-order valence-electron chi connectivity index (χ2n) is 5.38. The second-order valence-corrected chi connectivity index (χ2v) is 7.26. The zero-order valence-corrected chi connectivity index (χ0v) is 14.5. The van der Waals surface area contributed by atoms with Crippen LogP contribution in [0.15, 0.2) is 53.4 Å². The van der Waals surface area contributed by atoms with Gasteiger partial charge < -0.3 is 4.90 Å². The van der Waals surface area contributed by atoms with E-state index in [-0.39, 0.29) is 22.7 Å². The summed E-state index contributed by atoms with van der Waals surface area (Å²) in [6, 6.07) is 11.4. The molecular formula is C17H19FN2O3S. The summed E-state index contributed by atoms with van der Waals surface area (Å²) in [7, 11) is -0.561. The highest BCUT2D eigenvalue weighted by Crippen LogP contribution is 2.21. The van der Waals surface area contributed by atoms with Crippen LogP contribution >= 0.6 is 0 Å². The lowest BCUT2D eigenvalue weighted by Gasteiger charge is -2.25. The number of amides is 1. The fourth-order valence-corrected chi connectivity index (χ4v) is 2.97. The first-order valence-electron chi connectivity index (χ1n) is 7.32. The van der Waals surface area contributed by atoms with Gasteiger partial charge >= 0.3 is 0 Å². The molecule has 0 heterocycles. The third-order valence-electron chi connectivity index (χ3n) is 3.93. The first-order chi connectivity index (χ1) is 11.3. The van der Waals surface area contributed by atoms with Gasteiger partial charge in [-0.1, -0.05) is 12.1 Å². The van der Waals surface area contributed by atoms with E-state index in [2.05, 4.69) is 4.72 Å². The summed E-state index contributed by atoms with van der Waals surface area (Å²) in [5, 5.41) is 0. The summed E-state index contributed by atoms with van der Waals surface area (Å²) in [5.41, 5.74) is 1.18. The van der Waals surface area contributed by atoms with Crippen LogP contribution in [-0.4, -0.2) is 33.3 Å². The number of hydrogen-bond donors (Lipinski definition) is 1. The molecule has 0 saturated carbocycles. The Bertz CT molecular complexity index is 818. The Hall–Kier alpha value is -2.25. The van der Waals surface area contributed by atoms with E-state index in [4.69, 9.17) is 0 Å². The number of sulfonamides is 1. The number of hydrogen-bond acceptors (Lipinski definition) is 3. The van der Waals surface area contributed by atoms with Crippen LogP contribution in [-0.2, 0) is 10.0 Å². The van der Waals surface area contributed by atoms with Crippen LogP contribution in [0.2, 0.25) is 0 Å². The number of halogens is 1. The van der Waals surface area contributed by atoms with Gasteiger partial charge in [-0.05, 0) is 55.9 Å². The molecule has 2 rings (SSSR count). The van der Waals surface area contributed by atoms with Crippen LogP contribution in [0, 0.1) is 5.82 Å². The zero-order chi connectivity index (χ0) is 17.9. The molecule has 1 atom stereocenters. The molecule has 0 aliphatic heterocycles. The Morgan fingerprint density at radius 1 is 1.08 bits per heavy atom. The predicted octanol–water partition coefficient (Wildman–Crippen LogP) is 2.57. The Labute approximate surface area is 141 Å². The highest BCUT2D eigenvalue weighted by atomic mass is 32.2. The zero-order valence-electron chi connectivity index (χ0n) is 13.7. The molecule has 1 unspecified atom stereocenters. The van der Waals surface area contributed by atoms with Crippen molar-refractivity contribution in [3.63, 3.8) is 0 Å². The quantitative estimate of drug-likeness (QED) is 0.901. The van der Waals surface area contributed by atoms with Crippen molar-refractivity contribution in [1.82, 2.24) is 9.62 Å². The van der Waals surface area contributed by atoms with Crippen molar-refractivity contribution in [2.75, 3.05) is 14.1 Å². The SMILES string of the molecule is CNS(=O)(=O)c1ccc(C(=O)N(C)C(C)c2ccc(F)cc2)cc1. The minimum Gasteiger partial charge on any atom is -0.335 e. The topological polar surface area (TPSA) is 66.5 Å². The molecule has 128 valence electrons. The Kier molecular flexibility index (Phi) is 5.36. The maximum absolute atomic E-state index is 13.0. The molecule has 0 radical (unpaired) electrons. The number of carbonyl (C=O) groups excluding carboxylic acids is 1. The largest absolute Gasteiger partial charge is 0.335 e. The van der Waals surface area contributed by atoms with Crippen molar-refractivity contribution in [3.8, 4) is 0 Å². The molecule has 2 aromatic rings. The van der Waals surface area contributed by atoms with Gasteiger partial charge in [0.1, 0.15) is 5.82 Å². The Morgan fingerprint density at radius 2 is 1.62 bits per heavy atom. The maximum Gasteiger partial charge on any atom is 0.254 e. The molecule has 0 saturated heterocycles. The third-order valence-corrected chi connectivity index (χ3v) is 5.36. The van der Waals surface area contributed by atoms with Crippen LogP contribution in [0.25, 0.3) is 0 Å². The average molecular weight is 350 g/mol. The van der Waals surface area contributed by atoms with Crippen molar-refractivity contribution < 1.29 is 17.6 Å². The van der Waals surface area contributed by atoms with Crippen molar-refractivity contribution in [2.45, 2.75) is 17.9 Å². The van der Waals surface area contributed by atoms with Gasteiger partial charge in [0.05, 0.1) is 10.9 Å². The number of nitrogens with zero attached hydrogens (tertiary/aromatic N) is 1. The Balaban J connectivity index is 2.20. The maximum atomic E-state index is 13.0. The molecule has 0 spiro atoms. The van der Waals surface area contributed by atoms with Crippen molar-refractivity contribution >= 4 is 15.9 Å². The van der Waals surface area contributed by atoms with E-state index < -0.39 is 10.0 Å². The van der Waals surface area contributed by atoms with E-state index in [0.717, 1.165) is 5.56 Å².